The highest BCUT2D eigenvalue weighted by molar-refractivity contribution is 5.73. The Morgan fingerprint density at radius 1 is 1.23 bits per heavy atom. The first-order valence-electron chi connectivity index (χ1n) is 6.83. The minimum atomic E-state index is 0.514. The normalized spacial score (nSPS) is 11.1. The van der Waals surface area contributed by atoms with E-state index in [4.69, 9.17) is 10.2 Å². The number of nitrogens with two attached hydrogens (primary N) is 1. The lowest BCUT2D eigenvalue weighted by Gasteiger charge is -2.07. The van der Waals surface area contributed by atoms with Crippen LogP contribution in [0.1, 0.15) is 5.56 Å². The van der Waals surface area contributed by atoms with Crippen LogP contribution in [-0.4, -0.2) is 19.6 Å². The maximum atomic E-state index is 6.13. The van der Waals surface area contributed by atoms with Crippen LogP contribution in [0.2, 0.25) is 0 Å². The summed E-state index contributed by atoms with van der Waals surface area (Å²) < 4.78 is 6.94. The van der Waals surface area contributed by atoms with Crippen LogP contribution >= 0.6 is 0 Å². The number of aromatic nitrogens is 4. The Balaban J connectivity index is 1.91. The average molecular weight is 291 g/mol. The lowest BCUT2D eigenvalue weighted by atomic mass is 10.0. The number of hydrogen-bond donors (Lipinski definition) is 1. The lowest BCUT2D eigenvalue weighted by Crippen LogP contribution is -1.99. The van der Waals surface area contributed by atoms with Crippen molar-refractivity contribution in [3.05, 3.63) is 54.6 Å². The van der Waals surface area contributed by atoms with E-state index in [1.807, 2.05) is 37.4 Å². The molecule has 0 aromatic carbocycles. The van der Waals surface area contributed by atoms with Gasteiger partial charge in [0.1, 0.15) is 5.82 Å². The van der Waals surface area contributed by atoms with Crippen molar-refractivity contribution in [3.8, 4) is 22.7 Å². The van der Waals surface area contributed by atoms with Crippen LogP contribution in [0.15, 0.2) is 53.4 Å². The van der Waals surface area contributed by atoms with Crippen molar-refractivity contribution in [2.24, 2.45) is 0 Å². The molecule has 0 spiro atoms. The highest BCUT2D eigenvalue weighted by Crippen LogP contribution is 2.27. The summed E-state index contributed by atoms with van der Waals surface area (Å²) in [4.78, 5) is 8.61. The van der Waals surface area contributed by atoms with Crippen molar-refractivity contribution in [3.63, 3.8) is 0 Å². The minimum absolute atomic E-state index is 0.514. The van der Waals surface area contributed by atoms with E-state index in [0.29, 0.717) is 23.0 Å². The largest absolute Gasteiger partial charge is 0.461 e. The summed E-state index contributed by atoms with van der Waals surface area (Å²) in [5.41, 5.74) is 9.95. The van der Waals surface area contributed by atoms with E-state index in [0.717, 1.165) is 16.7 Å². The molecular formula is C16H13N5O. The third kappa shape index (κ3) is 1.93. The number of fused-ring (bicyclic) bond motifs is 1. The molecule has 2 N–H and O–H groups in total. The van der Waals surface area contributed by atoms with Gasteiger partial charge in [-0.2, -0.15) is 4.52 Å². The van der Waals surface area contributed by atoms with Crippen LogP contribution in [-0.2, 0) is 0 Å². The first-order chi connectivity index (χ1) is 10.7. The van der Waals surface area contributed by atoms with Crippen LogP contribution < -0.4 is 5.73 Å². The molecule has 0 aliphatic carbocycles. The lowest BCUT2D eigenvalue weighted by molar-refractivity contribution is 0.577. The van der Waals surface area contributed by atoms with Gasteiger partial charge in [0.05, 0.1) is 6.26 Å². The van der Waals surface area contributed by atoms with Gasteiger partial charge in [-0.1, -0.05) is 0 Å². The molecule has 6 heteroatoms. The molecule has 6 nitrogen and oxygen atoms in total. The molecule has 0 saturated carbocycles. The monoisotopic (exact) mass is 291 g/mol. The zero-order valence-corrected chi connectivity index (χ0v) is 11.9. The predicted molar refractivity (Wildman–Crippen MR) is 83.1 cm³/mol. The van der Waals surface area contributed by atoms with E-state index in [1.165, 1.54) is 0 Å². The van der Waals surface area contributed by atoms with E-state index in [9.17, 15) is 0 Å². The third-order valence-electron chi connectivity index (χ3n) is 3.54. The van der Waals surface area contributed by atoms with Gasteiger partial charge in [0.15, 0.2) is 11.4 Å². The van der Waals surface area contributed by atoms with Crippen molar-refractivity contribution < 1.29 is 4.42 Å². The molecule has 0 amide bonds. The second-order valence-corrected chi connectivity index (χ2v) is 5.04. The van der Waals surface area contributed by atoms with Gasteiger partial charge in [-0.05, 0) is 53.9 Å². The second kappa shape index (κ2) is 4.70. The number of pyridine rings is 2. The van der Waals surface area contributed by atoms with Crippen LogP contribution in [0.5, 0.6) is 0 Å². The van der Waals surface area contributed by atoms with Crippen molar-refractivity contribution in [1.82, 2.24) is 19.6 Å². The van der Waals surface area contributed by atoms with Crippen molar-refractivity contribution in [2.45, 2.75) is 6.92 Å². The fraction of sp³-hybridized carbons (Fsp3) is 0.0625. The van der Waals surface area contributed by atoms with E-state index < -0.39 is 0 Å². The van der Waals surface area contributed by atoms with E-state index in [2.05, 4.69) is 15.1 Å². The van der Waals surface area contributed by atoms with Gasteiger partial charge >= 0.3 is 0 Å². The molecule has 0 aliphatic heterocycles. The average Bonchev–Trinajstić information content (AvgIpc) is 3.16. The summed E-state index contributed by atoms with van der Waals surface area (Å²) in [5.74, 6) is 1.65. The van der Waals surface area contributed by atoms with Gasteiger partial charge in [0, 0.05) is 12.4 Å². The number of hydrogen-bond acceptors (Lipinski definition) is 5. The Morgan fingerprint density at radius 2 is 2.14 bits per heavy atom. The molecule has 0 radical (unpaired) electrons. The molecular weight excluding hydrogens is 278 g/mol. The third-order valence-corrected chi connectivity index (χ3v) is 3.54. The molecule has 4 heterocycles. The minimum Gasteiger partial charge on any atom is -0.461 e. The molecule has 4 aromatic rings. The number of rotatable bonds is 2. The molecule has 0 aliphatic rings. The fourth-order valence-electron chi connectivity index (χ4n) is 2.47. The number of nitrogen functional groups attached to an aromatic ring is 1. The van der Waals surface area contributed by atoms with Gasteiger partial charge in [-0.15, -0.1) is 5.10 Å². The summed E-state index contributed by atoms with van der Waals surface area (Å²) in [6.45, 7) is 2.01. The van der Waals surface area contributed by atoms with Gasteiger partial charge in [0.25, 0.3) is 0 Å². The topological polar surface area (TPSA) is 82.2 Å². The van der Waals surface area contributed by atoms with Crippen LogP contribution in [0.25, 0.3) is 28.4 Å². The van der Waals surface area contributed by atoms with Crippen molar-refractivity contribution >= 4 is 11.5 Å². The second-order valence-electron chi connectivity index (χ2n) is 5.04. The highest BCUT2D eigenvalue weighted by Gasteiger charge is 2.12. The SMILES string of the molecule is Cc1cnccc1-c1cc(N)n2nc(-c3ccco3)nc2c1. The van der Waals surface area contributed by atoms with Gasteiger partial charge < -0.3 is 10.2 Å². The zero-order chi connectivity index (χ0) is 15.1. The van der Waals surface area contributed by atoms with E-state index >= 15 is 0 Å². The van der Waals surface area contributed by atoms with Crippen LogP contribution in [0.3, 0.4) is 0 Å². The first kappa shape index (κ1) is 12.6. The first-order valence-corrected chi connectivity index (χ1v) is 6.83. The molecule has 22 heavy (non-hydrogen) atoms. The maximum Gasteiger partial charge on any atom is 0.217 e. The summed E-state index contributed by atoms with van der Waals surface area (Å²) >= 11 is 0. The Bertz CT molecular complexity index is 956. The van der Waals surface area contributed by atoms with Gasteiger partial charge in [-0.3, -0.25) is 4.98 Å². The zero-order valence-electron chi connectivity index (χ0n) is 11.9. The number of furan rings is 1. The molecule has 0 fully saturated rings. The van der Waals surface area contributed by atoms with Crippen LogP contribution in [0, 0.1) is 6.92 Å². The summed E-state index contributed by atoms with van der Waals surface area (Å²) in [7, 11) is 0. The van der Waals surface area contributed by atoms with E-state index in [-0.39, 0.29) is 0 Å². The number of nitrogens with zero attached hydrogens (tertiary/aromatic N) is 4. The Hall–Kier alpha value is -3.15. The Kier molecular flexibility index (Phi) is 2.69. The summed E-state index contributed by atoms with van der Waals surface area (Å²) in [6.07, 6.45) is 5.19. The smallest absolute Gasteiger partial charge is 0.217 e. The summed E-state index contributed by atoms with van der Waals surface area (Å²) in [5, 5.41) is 4.39. The van der Waals surface area contributed by atoms with Crippen molar-refractivity contribution in [1.29, 1.82) is 0 Å². The van der Waals surface area contributed by atoms with Crippen molar-refractivity contribution in [2.75, 3.05) is 5.73 Å². The highest BCUT2D eigenvalue weighted by atomic mass is 16.3. The van der Waals surface area contributed by atoms with Gasteiger partial charge in [0.2, 0.25) is 5.82 Å². The fourth-order valence-corrected chi connectivity index (χ4v) is 2.47. The molecule has 4 aromatic heterocycles. The molecule has 0 unspecified atom stereocenters. The molecule has 4 rings (SSSR count). The molecule has 0 atom stereocenters. The molecule has 0 bridgehead atoms. The molecule has 108 valence electrons. The standard InChI is InChI=1S/C16H13N5O/c1-10-9-18-5-4-12(10)11-7-14(17)21-15(8-11)19-16(20-21)13-3-2-6-22-13/h2-9H,17H2,1H3. The number of aryl methyl sites for hydroxylation is 1. The Morgan fingerprint density at radius 3 is 2.91 bits per heavy atom. The van der Waals surface area contributed by atoms with Gasteiger partial charge in [-0.25, -0.2) is 4.98 Å². The van der Waals surface area contributed by atoms with Crippen LogP contribution in [0.4, 0.5) is 5.82 Å². The maximum absolute atomic E-state index is 6.13. The molecule has 0 saturated heterocycles. The van der Waals surface area contributed by atoms with E-state index in [1.54, 1.807) is 23.0 Å². The number of anilines is 1. The quantitative estimate of drug-likeness (QED) is 0.614. The predicted octanol–water partition coefficient (Wildman–Crippen LogP) is 2.94. The summed E-state index contributed by atoms with van der Waals surface area (Å²) in [6, 6.07) is 9.42. The Labute approximate surface area is 126 Å².